The molecule has 0 saturated heterocycles. The maximum absolute atomic E-state index is 12.7. The maximum Gasteiger partial charge on any atom is 0.257 e. The van der Waals surface area contributed by atoms with Crippen molar-refractivity contribution in [3.8, 4) is 11.5 Å². The SMILES string of the molecule is COc1ccc(C(=O)N(C)C2CCC(C)CC2)c(OC)c1. The van der Waals surface area contributed by atoms with E-state index in [9.17, 15) is 4.79 Å². The molecule has 0 radical (unpaired) electrons. The van der Waals surface area contributed by atoms with Crippen molar-refractivity contribution in [2.24, 2.45) is 5.92 Å². The molecule has 21 heavy (non-hydrogen) atoms. The van der Waals surface area contributed by atoms with Crippen LogP contribution < -0.4 is 9.47 Å². The Hall–Kier alpha value is -1.71. The third kappa shape index (κ3) is 3.49. The van der Waals surface area contributed by atoms with E-state index < -0.39 is 0 Å². The molecule has 0 aromatic heterocycles. The third-order valence-corrected chi connectivity index (χ3v) is 4.49. The lowest BCUT2D eigenvalue weighted by Crippen LogP contribution is -2.39. The zero-order valence-electron chi connectivity index (χ0n) is 13.4. The van der Waals surface area contributed by atoms with E-state index in [1.807, 2.05) is 11.9 Å². The van der Waals surface area contributed by atoms with Gasteiger partial charge in [-0.1, -0.05) is 6.92 Å². The van der Waals surface area contributed by atoms with Crippen molar-refractivity contribution in [3.63, 3.8) is 0 Å². The van der Waals surface area contributed by atoms with Crippen LogP contribution in [0.5, 0.6) is 11.5 Å². The van der Waals surface area contributed by atoms with Gasteiger partial charge in [0.05, 0.1) is 19.8 Å². The summed E-state index contributed by atoms with van der Waals surface area (Å²) in [6.07, 6.45) is 4.56. The van der Waals surface area contributed by atoms with E-state index in [2.05, 4.69) is 6.92 Å². The molecule has 0 atom stereocenters. The number of carbonyl (C=O) groups excluding carboxylic acids is 1. The van der Waals surface area contributed by atoms with Crippen molar-refractivity contribution >= 4 is 5.91 Å². The second kappa shape index (κ2) is 6.83. The number of hydrogen-bond donors (Lipinski definition) is 0. The molecule has 0 bridgehead atoms. The van der Waals surface area contributed by atoms with Gasteiger partial charge in [0.1, 0.15) is 11.5 Å². The number of amides is 1. The lowest BCUT2D eigenvalue weighted by molar-refractivity contribution is 0.0676. The van der Waals surface area contributed by atoms with E-state index in [0.717, 1.165) is 18.8 Å². The molecule has 1 aliphatic rings. The molecule has 2 rings (SSSR count). The van der Waals surface area contributed by atoms with Crippen LogP contribution >= 0.6 is 0 Å². The topological polar surface area (TPSA) is 38.8 Å². The lowest BCUT2D eigenvalue weighted by atomic mass is 9.86. The van der Waals surface area contributed by atoms with Crippen LogP contribution in [0.4, 0.5) is 0 Å². The molecule has 0 aliphatic heterocycles. The standard InChI is InChI=1S/C17H25NO3/c1-12-5-7-13(8-6-12)18(2)17(19)15-10-9-14(20-3)11-16(15)21-4/h9-13H,5-8H2,1-4H3. The Labute approximate surface area is 127 Å². The first-order chi connectivity index (χ1) is 10.1. The minimum Gasteiger partial charge on any atom is -0.497 e. The summed E-state index contributed by atoms with van der Waals surface area (Å²) in [5.41, 5.74) is 0.597. The number of nitrogens with zero attached hydrogens (tertiary/aromatic N) is 1. The Morgan fingerprint density at radius 2 is 1.81 bits per heavy atom. The van der Waals surface area contributed by atoms with Gasteiger partial charge in [-0.25, -0.2) is 0 Å². The fourth-order valence-corrected chi connectivity index (χ4v) is 2.96. The Morgan fingerprint density at radius 3 is 2.38 bits per heavy atom. The summed E-state index contributed by atoms with van der Waals surface area (Å²) in [5, 5.41) is 0. The van der Waals surface area contributed by atoms with Gasteiger partial charge in [0.2, 0.25) is 0 Å². The van der Waals surface area contributed by atoms with Crippen molar-refractivity contribution in [2.45, 2.75) is 38.6 Å². The summed E-state index contributed by atoms with van der Waals surface area (Å²) in [6, 6.07) is 5.67. The largest absolute Gasteiger partial charge is 0.497 e. The predicted molar refractivity (Wildman–Crippen MR) is 83.1 cm³/mol. The fourth-order valence-electron chi connectivity index (χ4n) is 2.96. The summed E-state index contributed by atoms with van der Waals surface area (Å²) in [5.74, 6) is 2.06. The highest BCUT2D eigenvalue weighted by Crippen LogP contribution is 2.30. The van der Waals surface area contributed by atoms with Crippen LogP contribution in [-0.2, 0) is 0 Å². The van der Waals surface area contributed by atoms with E-state index >= 15 is 0 Å². The first-order valence-electron chi connectivity index (χ1n) is 7.56. The molecule has 4 nitrogen and oxygen atoms in total. The molecular formula is C17H25NO3. The molecule has 1 amide bonds. The lowest BCUT2D eigenvalue weighted by Gasteiger charge is -2.33. The molecule has 4 heteroatoms. The van der Waals surface area contributed by atoms with Gasteiger partial charge in [-0.3, -0.25) is 4.79 Å². The van der Waals surface area contributed by atoms with E-state index in [0.29, 0.717) is 23.1 Å². The van der Waals surface area contributed by atoms with Gasteiger partial charge in [-0.2, -0.15) is 0 Å². The molecule has 0 unspecified atom stereocenters. The predicted octanol–water partition coefficient (Wildman–Crippen LogP) is 3.35. The summed E-state index contributed by atoms with van der Waals surface area (Å²) >= 11 is 0. The number of benzene rings is 1. The van der Waals surface area contributed by atoms with Gasteiger partial charge >= 0.3 is 0 Å². The van der Waals surface area contributed by atoms with E-state index in [1.165, 1.54) is 12.8 Å². The van der Waals surface area contributed by atoms with Crippen LogP contribution in [0.1, 0.15) is 43.0 Å². The van der Waals surface area contributed by atoms with Crippen LogP contribution in [0.2, 0.25) is 0 Å². The van der Waals surface area contributed by atoms with Crippen LogP contribution in [0.15, 0.2) is 18.2 Å². The van der Waals surface area contributed by atoms with Crippen LogP contribution in [0, 0.1) is 5.92 Å². The third-order valence-electron chi connectivity index (χ3n) is 4.49. The zero-order valence-corrected chi connectivity index (χ0v) is 13.4. The minimum atomic E-state index is 0.0223. The number of rotatable bonds is 4. The summed E-state index contributed by atoms with van der Waals surface area (Å²) in [4.78, 5) is 14.6. The molecule has 1 aromatic carbocycles. The van der Waals surface area contributed by atoms with Gasteiger partial charge in [-0.05, 0) is 43.7 Å². The number of ether oxygens (including phenoxy) is 2. The monoisotopic (exact) mass is 291 g/mol. The zero-order chi connectivity index (χ0) is 15.4. The first-order valence-corrected chi connectivity index (χ1v) is 7.56. The Morgan fingerprint density at radius 1 is 1.14 bits per heavy atom. The van der Waals surface area contributed by atoms with Gasteiger partial charge in [0, 0.05) is 19.2 Å². The maximum atomic E-state index is 12.7. The smallest absolute Gasteiger partial charge is 0.257 e. The molecular weight excluding hydrogens is 266 g/mol. The highest BCUT2D eigenvalue weighted by molar-refractivity contribution is 5.97. The van der Waals surface area contributed by atoms with Crippen molar-refractivity contribution in [1.29, 1.82) is 0 Å². The van der Waals surface area contributed by atoms with Crippen LogP contribution in [0.25, 0.3) is 0 Å². The van der Waals surface area contributed by atoms with Crippen molar-refractivity contribution in [2.75, 3.05) is 21.3 Å². The molecule has 0 heterocycles. The van der Waals surface area contributed by atoms with E-state index in [-0.39, 0.29) is 5.91 Å². The summed E-state index contributed by atoms with van der Waals surface area (Å²) < 4.78 is 10.5. The summed E-state index contributed by atoms with van der Waals surface area (Å²) in [6.45, 7) is 2.28. The number of hydrogen-bond acceptors (Lipinski definition) is 3. The molecule has 0 spiro atoms. The molecule has 0 N–H and O–H groups in total. The Balaban J connectivity index is 2.15. The second-order valence-corrected chi connectivity index (χ2v) is 5.90. The second-order valence-electron chi connectivity index (χ2n) is 5.90. The Bertz CT molecular complexity index is 493. The average molecular weight is 291 g/mol. The van der Waals surface area contributed by atoms with Gasteiger partial charge in [0.25, 0.3) is 5.91 Å². The van der Waals surface area contributed by atoms with E-state index in [1.54, 1.807) is 32.4 Å². The van der Waals surface area contributed by atoms with Gasteiger partial charge in [-0.15, -0.1) is 0 Å². The number of methoxy groups -OCH3 is 2. The summed E-state index contributed by atoms with van der Waals surface area (Å²) in [7, 11) is 5.08. The van der Waals surface area contributed by atoms with Crippen molar-refractivity contribution in [1.82, 2.24) is 4.90 Å². The Kier molecular flexibility index (Phi) is 5.10. The van der Waals surface area contributed by atoms with Gasteiger partial charge < -0.3 is 14.4 Å². The van der Waals surface area contributed by atoms with E-state index in [4.69, 9.17) is 9.47 Å². The molecule has 1 saturated carbocycles. The fraction of sp³-hybridized carbons (Fsp3) is 0.588. The van der Waals surface area contributed by atoms with Crippen LogP contribution in [0.3, 0.4) is 0 Å². The average Bonchev–Trinajstić information content (AvgIpc) is 2.53. The molecule has 1 fully saturated rings. The first kappa shape index (κ1) is 15.7. The van der Waals surface area contributed by atoms with Crippen molar-refractivity contribution in [3.05, 3.63) is 23.8 Å². The van der Waals surface area contributed by atoms with Gasteiger partial charge in [0.15, 0.2) is 0 Å². The highest BCUT2D eigenvalue weighted by Gasteiger charge is 2.27. The molecule has 116 valence electrons. The molecule has 1 aromatic rings. The highest BCUT2D eigenvalue weighted by atomic mass is 16.5. The quantitative estimate of drug-likeness (QED) is 0.854. The number of carbonyl (C=O) groups is 1. The minimum absolute atomic E-state index is 0.0223. The van der Waals surface area contributed by atoms with Crippen molar-refractivity contribution < 1.29 is 14.3 Å². The van der Waals surface area contributed by atoms with Crippen LogP contribution in [-0.4, -0.2) is 38.1 Å². The normalized spacial score (nSPS) is 21.7. The molecule has 1 aliphatic carbocycles.